The topological polar surface area (TPSA) is 46.2 Å². The summed E-state index contributed by atoms with van der Waals surface area (Å²) >= 11 is 5.15. The molecule has 0 bridgehead atoms. The SMILES string of the molecule is COCCCNC(=S)Nc1cnccc1C. The Bertz CT molecular complexity index is 344. The molecule has 88 valence electrons. The third-order valence-corrected chi connectivity index (χ3v) is 2.34. The second-order valence-electron chi connectivity index (χ2n) is 3.42. The van der Waals surface area contributed by atoms with Gasteiger partial charge in [0.1, 0.15) is 0 Å². The average molecular weight is 239 g/mol. The van der Waals surface area contributed by atoms with Crippen molar-refractivity contribution in [3.05, 3.63) is 24.0 Å². The number of hydrogen-bond acceptors (Lipinski definition) is 3. The van der Waals surface area contributed by atoms with Gasteiger partial charge in [0.15, 0.2) is 5.11 Å². The van der Waals surface area contributed by atoms with Crippen molar-refractivity contribution in [1.82, 2.24) is 10.3 Å². The van der Waals surface area contributed by atoms with E-state index in [4.69, 9.17) is 17.0 Å². The van der Waals surface area contributed by atoms with Crippen LogP contribution < -0.4 is 10.6 Å². The number of hydrogen-bond donors (Lipinski definition) is 2. The van der Waals surface area contributed by atoms with E-state index in [9.17, 15) is 0 Å². The summed E-state index contributed by atoms with van der Waals surface area (Å²) in [6.45, 7) is 3.55. The first-order chi connectivity index (χ1) is 7.74. The van der Waals surface area contributed by atoms with E-state index in [1.54, 1.807) is 19.5 Å². The summed E-state index contributed by atoms with van der Waals surface area (Å²) in [6, 6.07) is 1.94. The van der Waals surface area contributed by atoms with Crippen molar-refractivity contribution in [2.24, 2.45) is 0 Å². The van der Waals surface area contributed by atoms with Gasteiger partial charge in [0.25, 0.3) is 0 Å². The standard InChI is InChI=1S/C11H17N3OS/c1-9-4-6-12-8-10(9)14-11(16)13-5-3-7-15-2/h4,6,8H,3,5,7H2,1-2H3,(H2,13,14,16). The highest BCUT2D eigenvalue weighted by molar-refractivity contribution is 7.80. The molecule has 0 radical (unpaired) electrons. The second kappa shape index (κ2) is 7.14. The maximum absolute atomic E-state index is 5.15. The Kier molecular flexibility index (Phi) is 5.74. The molecule has 0 spiro atoms. The van der Waals surface area contributed by atoms with Crippen molar-refractivity contribution in [2.45, 2.75) is 13.3 Å². The number of nitrogens with one attached hydrogen (secondary N) is 2. The van der Waals surface area contributed by atoms with Gasteiger partial charge in [0.05, 0.1) is 11.9 Å². The van der Waals surface area contributed by atoms with Gasteiger partial charge in [-0.3, -0.25) is 4.98 Å². The Labute approximate surface area is 101 Å². The van der Waals surface area contributed by atoms with E-state index in [2.05, 4.69) is 15.6 Å². The number of pyridine rings is 1. The van der Waals surface area contributed by atoms with Gasteiger partial charge in [-0.2, -0.15) is 0 Å². The highest BCUT2D eigenvalue weighted by atomic mass is 32.1. The molecule has 0 aliphatic heterocycles. The van der Waals surface area contributed by atoms with Gasteiger partial charge < -0.3 is 15.4 Å². The maximum atomic E-state index is 5.15. The first kappa shape index (κ1) is 12.9. The van der Waals surface area contributed by atoms with E-state index < -0.39 is 0 Å². The number of nitrogens with zero attached hydrogens (tertiary/aromatic N) is 1. The van der Waals surface area contributed by atoms with Gasteiger partial charge in [0, 0.05) is 26.5 Å². The van der Waals surface area contributed by atoms with Crippen molar-refractivity contribution < 1.29 is 4.74 Å². The zero-order valence-corrected chi connectivity index (χ0v) is 10.4. The lowest BCUT2D eigenvalue weighted by Crippen LogP contribution is -2.30. The Balaban J connectivity index is 2.32. The molecule has 1 rings (SSSR count). The molecule has 0 aliphatic rings. The molecule has 0 aliphatic carbocycles. The number of aryl methyl sites for hydroxylation is 1. The molecule has 0 atom stereocenters. The smallest absolute Gasteiger partial charge is 0.170 e. The van der Waals surface area contributed by atoms with Gasteiger partial charge in [-0.15, -0.1) is 0 Å². The van der Waals surface area contributed by atoms with Crippen LogP contribution >= 0.6 is 12.2 Å². The van der Waals surface area contributed by atoms with Crippen molar-refractivity contribution in [3.8, 4) is 0 Å². The zero-order valence-electron chi connectivity index (χ0n) is 9.62. The predicted octanol–water partition coefficient (Wildman–Crippen LogP) is 1.71. The molecule has 0 fully saturated rings. The summed E-state index contributed by atoms with van der Waals surface area (Å²) < 4.78 is 4.95. The predicted molar refractivity (Wildman–Crippen MR) is 69.7 cm³/mol. The molecule has 1 aromatic rings. The van der Waals surface area contributed by atoms with Gasteiger partial charge in [-0.05, 0) is 37.2 Å². The highest BCUT2D eigenvalue weighted by Gasteiger charge is 1.99. The lowest BCUT2D eigenvalue weighted by molar-refractivity contribution is 0.196. The number of methoxy groups -OCH3 is 1. The fourth-order valence-corrected chi connectivity index (χ4v) is 1.39. The molecule has 0 saturated carbocycles. The molecular formula is C11H17N3OS. The summed E-state index contributed by atoms with van der Waals surface area (Å²) in [6.07, 6.45) is 4.46. The van der Waals surface area contributed by atoms with Crippen LogP contribution in [0.5, 0.6) is 0 Å². The van der Waals surface area contributed by atoms with E-state index in [-0.39, 0.29) is 0 Å². The van der Waals surface area contributed by atoms with E-state index in [0.717, 1.165) is 30.8 Å². The van der Waals surface area contributed by atoms with E-state index >= 15 is 0 Å². The summed E-state index contributed by atoms with van der Waals surface area (Å²) in [5, 5.41) is 6.83. The van der Waals surface area contributed by atoms with Crippen LogP contribution in [0.15, 0.2) is 18.5 Å². The Morgan fingerprint density at radius 2 is 2.38 bits per heavy atom. The fourth-order valence-electron chi connectivity index (χ4n) is 1.18. The quantitative estimate of drug-likeness (QED) is 0.605. The average Bonchev–Trinajstić information content (AvgIpc) is 2.28. The van der Waals surface area contributed by atoms with Gasteiger partial charge >= 0.3 is 0 Å². The molecule has 1 aromatic heterocycles. The Hall–Kier alpha value is -1.20. The van der Waals surface area contributed by atoms with E-state index in [0.29, 0.717) is 5.11 Å². The number of ether oxygens (including phenoxy) is 1. The minimum absolute atomic E-state index is 0.618. The number of rotatable bonds is 5. The number of anilines is 1. The number of aromatic nitrogens is 1. The minimum Gasteiger partial charge on any atom is -0.385 e. The molecule has 0 saturated heterocycles. The van der Waals surface area contributed by atoms with Crippen LogP contribution in [0.4, 0.5) is 5.69 Å². The first-order valence-corrected chi connectivity index (χ1v) is 5.59. The normalized spacial score (nSPS) is 9.88. The van der Waals surface area contributed by atoms with Gasteiger partial charge in [0.2, 0.25) is 0 Å². The minimum atomic E-state index is 0.618. The third-order valence-electron chi connectivity index (χ3n) is 2.10. The summed E-state index contributed by atoms with van der Waals surface area (Å²) in [5.41, 5.74) is 2.06. The monoisotopic (exact) mass is 239 g/mol. The summed E-state index contributed by atoms with van der Waals surface area (Å²) in [4.78, 5) is 4.04. The molecular weight excluding hydrogens is 222 g/mol. The van der Waals surface area contributed by atoms with Crippen LogP contribution in [0.3, 0.4) is 0 Å². The lowest BCUT2D eigenvalue weighted by atomic mass is 10.2. The van der Waals surface area contributed by atoms with Crippen LogP contribution in [-0.4, -0.2) is 30.4 Å². The fraction of sp³-hybridized carbons (Fsp3) is 0.455. The lowest BCUT2D eigenvalue weighted by Gasteiger charge is -2.11. The molecule has 5 heteroatoms. The zero-order chi connectivity index (χ0) is 11.8. The first-order valence-electron chi connectivity index (χ1n) is 5.18. The molecule has 4 nitrogen and oxygen atoms in total. The van der Waals surface area contributed by atoms with E-state index in [1.165, 1.54) is 0 Å². The molecule has 0 aromatic carbocycles. The second-order valence-corrected chi connectivity index (χ2v) is 3.83. The van der Waals surface area contributed by atoms with Crippen molar-refractivity contribution in [3.63, 3.8) is 0 Å². The summed E-state index contributed by atoms with van der Waals surface area (Å²) in [7, 11) is 1.69. The molecule has 0 unspecified atom stereocenters. The van der Waals surface area contributed by atoms with Crippen LogP contribution in [0.25, 0.3) is 0 Å². The molecule has 2 N–H and O–H groups in total. The maximum Gasteiger partial charge on any atom is 0.170 e. The summed E-state index contributed by atoms with van der Waals surface area (Å²) in [5.74, 6) is 0. The Morgan fingerprint density at radius 3 is 3.06 bits per heavy atom. The number of thiocarbonyl (C=S) groups is 1. The largest absolute Gasteiger partial charge is 0.385 e. The van der Waals surface area contributed by atoms with Crippen molar-refractivity contribution >= 4 is 23.0 Å². The highest BCUT2D eigenvalue weighted by Crippen LogP contribution is 2.10. The van der Waals surface area contributed by atoms with Gasteiger partial charge in [-0.1, -0.05) is 0 Å². The van der Waals surface area contributed by atoms with Crippen molar-refractivity contribution in [2.75, 3.05) is 25.6 Å². The van der Waals surface area contributed by atoms with Crippen LogP contribution in [0.2, 0.25) is 0 Å². The van der Waals surface area contributed by atoms with E-state index in [1.807, 2.05) is 13.0 Å². The van der Waals surface area contributed by atoms with Crippen molar-refractivity contribution in [1.29, 1.82) is 0 Å². The third kappa shape index (κ3) is 4.55. The van der Waals surface area contributed by atoms with Crippen LogP contribution in [0.1, 0.15) is 12.0 Å². The van der Waals surface area contributed by atoms with Crippen LogP contribution in [0, 0.1) is 6.92 Å². The molecule has 16 heavy (non-hydrogen) atoms. The van der Waals surface area contributed by atoms with Crippen LogP contribution in [-0.2, 0) is 4.74 Å². The Morgan fingerprint density at radius 1 is 1.56 bits per heavy atom. The molecule has 1 heterocycles. The van der Waals surface area contributed by atoms with Gasteiger partial charge in [-0.25, -0.2) is 0 Å². The molecule has 0 amide bonds.